The maximum absolute atomic E-state index is 5.42. The number of nitrogens with zero attached hydrogens (tertiary/aromatic N) is 2. The summed E-state index contributed by atoms with van der Waals surface area (Å²) in [5.74, 6) is 2.19. The third-order valence-corrected chi connectivity index (χ3v) is 4.25. The van der Waals surface area contributed by atoms with E-state index in [1.165, 1.54) is 12.0 Å². The van der Waals surface area contributed by atoms with Crippen LogP contribution < -0.4 is 5.32 Å². The second-order valence-corrected chi connectivity index (χ2v) is 6.40. The fourth-order valence-corrected chi connectivity index (χ4v) is 2.83. The van der Waals surface area contributed by atoms with Crippen molar-refractivity contribution in [3.63, 3.8) is 0 Å². The zero-order valence-corrected chi connectivity index (χ0v) is 13.1. The van der Waals surface area contributed by atoms with Gasteiger partial charge in [0.1, 0.15) is 0 Å². The molecule has 1 aromatic carbocycles. The first-order chi connectivity index (χ1) is 9.70. The number of halogens is 1. The monoisotopic (exact) mass is 335 g/mol. The quantitative estimate of drug-likeness (QED) is 0.932. The lowest BCUT2D eigenvalue weighted by molar-refractivity contribution is 0.259. The van der Waals surface area contributed by atoms with Crippen molar-refractivity contribution in [2.75, 3.05) is 6.54 Å². The first-order valence-corrected chi connectivity index (χ1v) is 7.80. The molecule has 4 nitrogen and oxygen atoms in total. The summed E-state index contributed by atoms with van der Waals surface area (Å²) in [6, 6.07) is 8.41. The first-order valence-electron chi connectivity index (χ1n) is 7.01. The molecule has 2 heterocycles. The SMILES string of the molecule is CC1CCNC(c2nc(Cc3ccc(Br)cc3)no2)C1. The molecule has 1 aliphatic rings. The molecule has 0 radical (unpaired) electrons. The van der Waals surface area contributed by atoms with Gasteiger partial charge in [0.25, 0.3) is 0 Å². The molecular formula is C15H18BrN3O. The van der Waals surface area contributed by atoms with Crippen LogP contribution in [0.2, 0.25) is 0 Å². The second-order valence-electron chi connectivity index (χ2n) is 5.49. The third kappa shape index (κ3) is 3.27. The van der Waals surface area contributed by atoms with Gasteiger partial charge in [-0.15, -0.1) is 0 Å². The molecule has 1 aromatic heterocycles. The van der Waals surface area contributed by atoms with Crippen molar-refractivity contribution in [2.45, 2.75) is 32.2 Å². The van der Waals surface area contributed by atoms with Gasteiger partial charge in [-0.25, -0.2) is 0 Å². The molecule has 3 rings (SSSR count). The summed E-state index contributed by atoms with van der Waals surface area (Å²) in [6.07, 6.45) is 3.00. The van der Waals surface area contributed by atoms with Gasteiger partial charge in [-0.1, -0.05) is 40.1 Å². The fraction of sp³-hybridized carbons (Fsp3) is 0.467. The fourth-order valence-electron chi connectivity index (χ4n) is 2.56. The highest BCUT2D eigenvalue weighted by Gasteiger charge is 2.24. The Morgan fingerprint density at radius 3 is 2.90 bits per heavy atom. The van der Waals surface area contributed by atoms with Gasteiger partial charge in [-0.3, -0.25) is 0 Å². The van der Waals surface area contributed by atoms with Crippen molar-refractivity contribution in [1.29, 1.82) is 0 Å². The molecule has 2 atom stereocenters. The number of piperidine rings is 1. The average molecular weight is 336 g/mol. The smallest absolute Gasteiger partial charge is 0.243 e. The lowest BCUT2D eigenvalue weighted by Crippen LogP contribution is -2.30. The maximum atomic E-state index is 5.42. The van der Waals surface area contributed by atoms with Crippen LogP contribution in [0.4, 0.5) is 0 Å². The molecule has 20 heavy (non-hydrogen) atoms. The topological polar surface area (TPSA) is 51.0 Å². The zero-order valence-electron chi connectivity index (χ0n) is 11.5. The van der Waals surface area contributed by atoms with Crippen molar-refractivity contribution in [1.82, 2.24) is 15.5 Å². The van der Waals surface area contributed by atoms with E-state index in [1.807, 2.05) is 12.1 Å². The molecule has 2 aromatic rings. The number of aromatic nitrogens is 2. The van der Waals surface area contributed by atoms with Crippen LogP contribution in [-0.4, -0.2) is 16.7 Å². The summed E-state index contributed by atoms with van der Waals surface area (Å²) in [4.78, 5) is 4.53. The number of hydrogen-bond donors (Lipinski definition) is 1. The summed E-state index contributed by atoms with van der Waals surface area (Å²) in [5, 5.41) is 7.54. The molecular weight excluding hydrogens is 318 g/mol. The highest BCUT2D eigenvalue weighted by atomic mass is 79.9. The predicted molar refractivity (Wildman–Crippen MR) is 80.4 cm³/mol. The van der Waals surface area contributed by atoms with Gasteiger partial charge in [0.2, 0.25) is 5.89 Å². The summed E-state index contributed by atoms with van der Waals surface area (Å²) in [5.41, 5.74) is 1.19. The van der Waals surface area contributed by atoms with Gasteiger partial charge >= 0.3 is 0 Å². The van der Waals surface area contributed by atoms with Crippen LogP contribution in [0.3, 0.4) is 0 Å². The van der Waals surface area contributed by atoms with Gasteiger partial charge in [0, 0.05) is 10.9 Å². The van der Waals surface area contributed by atoms with Gasteiger partial charge in [0.15, 0.2) is 5.82 Å². The van der Waals surface area contributed by atoms with Crippen LogP contribution >= 0.6 is 15.9 Å². The van der Waals surface area contributed by atoms with Crippen LogP contribution in [0, 0.1) is 5.92 Å². The Hall–Kier alpha value is -1.20. The van der Waals surface area contributed by atoms with E-state index < -0.39 is 0 Å². The molecule has 1 N–H and O–H groups in total. The van der Waals surface area contributed by atoms with Crippen LogP contribution in [0.25, 0.3) is 0 Å². The Morgan fingerprint density at radius 2 is 2.15 bits per heavy atom. The van der Waals surface area contributed by atoms with Crippen molar-refractivity contribution < 1.29 is 4.52 Å². The zero-order chi connectivity index (χ0) is 13.9. The van der Waals surface area contributed by atoms with E-state index in [4.69, 9.17) is 4.52 Å². The number of rotatable bonds is 3. The Kier molecular flexibility index (Phi) is 4.17. The molecule has 1 saturated heterocycles. The minimum absolute atomic E-state index is 0.213. The van der Waals surface area contributed by atoms with Crippen molar-refractivity contribution in [3.05, 3.63) is 46.0 Å². The Morgan fingerprint density at radius 1 is 1.35 bits per heavy atom. The minimum Gasteiger partial charge on any atom is -0.338 e. The maximum Gasteiger partial charge on any atom is 0.243 e. The largest absolute Gasteiger partial charge is 0.338 e. The molecule has 0 saturated carbocycles. The molecule has 2 unspecified atom stereocenters. The number of hydrogen-bond acceptors (Lipinski definition) is 4. The predicted octanol–water partition coefficient (Wildman–Crippen LogP) is 3.48. The lowest BCUT2D eigenvalue weighted by atomic mass is 9.94. The van der Waals surface area contributed by atoms with E-state index in [0.29, 0.717) is 12.3 Å². The summed E-state index contributed by atoms with van der Waals surface area (Å²) in [6.45, 7) is 3.29. The van der Waals surface area contributed by atoms with Gasteiger partial charge < -0.3 is 9.84 Å². The molecule has 0 spiro atoms. The average Bonchev–Trinajstić information content (AvgIpc) is 2.90. The van der Waals surface area contributed by atoms with Crippen LogP contribution in [-0.2, 0) is 6.42 Å². The van der Waals surface area contributed by atoms with E-state index in [1.54, 1.807) is 0 Å². The Labute approximate surface area is 127 Å². The van der Waals surface area contributed by atoms with E-state index in [2.05, 4.69) is 50.4 Å². The summed E-state index contributed by atoms with van der Waals surface area (Å²) >= 11 is 3.43. The van der Waals surface area contributed by atoms with E-state index >= 15 is 0 Å². The van der Waals surface area contributed by atoms with Crippen LogP contribution in [0.15, 0.2) is 33.3 Å². The van der Waals surface area contributed by atoms with Crippen LogP contribution in [0.1, 0.15) is 43.1 Å². The molecule has 1 aliphatic heterocycles. The molecule has 106 valence electrons. The number of nitrogens with one attached hydrogen (secondary N) is 1. The van der Waals surface area contributed by atoms with Crippen molar-refractivity contribution >= 4 is 15.9 Å². The standard InChI is InChI=1S/C15H18BrN3O/c1-10-6-7-17-13(8-10)15-18-14(19-20-15)9-11-2-4-12(16)5-3-11/h2-5,10,13,17H,6-9H2,1H3. The Balaban J connectivity index is 1.68. The van der Waals surface area contributed by atoms with Gasteiger partial charge in [0.05, 0.1) is 6.04 Å². The highest BCUT2D eigenvalue weighted by Crippen LogP contribution is 2.26. The van der Waals surface area contributed by atoms with Crippen LogP contribution in [0.5, 0.6) is 0 Å². The normalized spacial score (nSPS) is 22.9. The number of benzene rings is 1. The summed E-state index contributed by atoms with van der Waals surface area (Å²) in [7, 11) is 0. The molecule has 1 fully saturated rings. The summed E-state index contributed by atoms with van der Waals surface area (Å²) < 4.78 is 6.49. The Bertz CT molecular complexity index is 567. The van der Waals surface area contributed by atoms with Crippen molar-refractivity contribution in [2.24, 2.45) is 5.92 Å². The first kappa shape index (κ1) is 13.8. The van der Waals surface area contributed by atoms with Gasteiger partial charge in [-0.2, -0.15) is 4.98 Å². The molecule has 0 aliphatic carbocycles. The molecule has 0 bridgehead atoms. The highest BCUT2D eigenvalue weighted by molar-refractivity contribution is 9.10. The van der Waals surface area contributed by atoms with E-state index in [-0.39, 0.29) is 6.04 Å². The molecule has 5 heteroatoms. The van der Waals surface area contributed by atoms with E-state index in [9.17, 15) is 0 Å². The minimum atomic E-state index is 0.213. The lowest BCUT2D eigenvalue weighted by Gasteiger charge is -2.25. The molecule has 0 amide bonds. The third-order valence-electron chi connectivity index (χ3n) is 3.72. The second kappa shape index (κ2) is 6.06. The van der Waals surface area contributed by atoms with E-state index in [0.717, 1.165) is 29.2 Å². The van der Waals surface area contributed by atoms with Gasteiger partial charge in [-0.05, 0) is 43.0 Å². The van der Waals surface area contributed by atoms with Crippen molar-refractivity contribution in [3.8, 4) is 0 Å².